The Morgan fingerprint density at radius 2 is 2.13 bits per heavy atom. The van der Waals surface area contributed by atoms with Gasteiger partial charge in [0.15, 0.2) is 0 Å². The molecule has 15 heavy (non-hydrogen) atoms. The molecular weight excluding hydrogens is 190 g/mol. The van der Waals surface area contributed by atoms with E-state index in [2.05, 4.69) is 11.4 Å². The minimum atomic E-state index is -0.289. The molecule has 3 nitrogen and oxygen atoms in total. The molecule has 84 valence electrons. The summed E-state index contributed by atoms with van der Waals surface area (Å²) in [7, 11) is 1.68. The minimum absolute atomic E-state index is 0.289. The predicted molar refractivity (Wildman–Crippen MR) is 61.2 cm³/mol. The number of aliphatic hydroxyl groups excluding tert-OH is 1. The first-order valence-corrected chi connectivity index (χ1v) is 5.24. The fourth-order valence-electron chi connectivity index (χ4n) is 1.44. The summed E-state index contributed by atoms with van der Waals surface area (Å²) in [6.45, 7) is 3.26. The van der Waals surface area contributed by atoms with E-state index in [-0.39, 0.29) is 6.10 Å². The Bertz CT molecular complexity index is 287. The molecule has 0 aliphatic heterocycles. The number of hydrogen-bond acceptors (Lipinski definition) is 3. The Balaban J connectivity index is 2.36. The summed E-state index contributed by atoms with van der Waals surface area (Å²) < 4.78 is 5.25. The van der Waals surface area contributed by atoms with E-state index in [1.807, 2.05) is 18.2 Å². The highest BCUT2D eigenvalue weighted by molar-refractivity contribution is 5.33. The lowest BCUT2D eigenvalue weighted by Gasteiger charge is -2.09. The van der Waals surface area contributed by atoms with Crippen LogP contribution in [0.15, 0.2) is 24.3 Å². The van der Waals surface area contributed by atoms with E-state index in [1.165, 1.54) is 5.56 Å². The fourth-order valence-corrected chi connectivity index (χ4v) is 1.44. The zero-order valence-electron chi connectivity index (χ0n) is 9.36. The highest BCUT2D eigenvalue weighted by atomic mass is 16.5. The van der Waals surface area contributed by atoms with Crippen LogP contribution in [0.1, 0.15) is 12.5 Å². The first-order chi connectivity index (χ1) is 7.24. The standard InChI is InChI=1S/C12H19NO2/c1-10(14)9-13-8-7-11-5-3-4-6-12(11)15-2/h3-6,10,13-14H,7-9H2,1-2H3/t10-/m1/s1. The number of methoxy groups -OCH3 is 1. The van der Waals surface area contributed by atoms with Crippen LogP contribution in [0.2, 0.25) is 0 Å². The van der Waals surface area contributed by atoms with Crippen molar-refractivity contribution < 1.29 is 9.84 Å². The molecule has 1 atom stereocenters. The average molecular weight is 209 g/mol. The molecule has 0 aromatic heterocycles. The van der Waals surface area contributed by atoms with Gasteiger partial charge in [-0.15, -0.1) is 0 Å². The second-order valence-electron chi connectivity index (χ2n) is 3.61. The summed E-state index contributed by atoms with van der Waals surface area (Å²) in [5.41, 5.74) is 1.19. The lowest BCUT2D eigenvalue weighted by atomic mass is 10.1. The molecule has 0 saturated heterocycles. The number of rotatable bonds is 6. The third-order valence-corrected chi connectivity index (χ3v) is 2.20. The van der Waals surface area contributed by atoms with Crippen LogP contribution in [0.5, 0.6) is 5.75 Å². The molecule has 3 heteroatoms. The van der Waals surface area contributed by atoms with Crippen LogP contribution in [0.4, 0.5) is 0 Å². The predicted octanol–water partition coefficient (Wildman–Crippen LogP) is 1.21. The first kappa shape index (κ1) is 12.0. The number of hydrogen-bond donors (Lipinski definition) is 2. The summed E-state index contributed by atoms with van der Waals surface area (Å²) in [4.78, 5) is 0. The van der Waals surface area contributed by atoms with Gasteiger partial charge in [-0.25, -0.2) is 0 Å². The molecule has 0 saturated carbocycles. The van der Waals surface area contributed by atoms with Gasteiger partial charge in [0.05, 0.1) is 13.2 Å². The second-order valence-corrected chi connectivity index (χ2v) is 3.61. The maximum atomic E-state index is 9.06. The highest BCUT2D eigenvalue weighted by Crippen LogP contribution is 2.16. The Kier molecular flexibility index (Phi) is 5.15. The van der Waals surface area contributed by atoms with Crippen LogP contribution >= 0.6 is 0 Å². The molecule has 2 N–H and O–H groups in total. The van der Waals surface area contributed by atoms with Crippen molar-refractivity contribution in [3.8, 4) is 5.75 Å². The van der Waals surface area contributed by atoms with Gasteiger partial charge in [0, 0.05) is 6.54 Å². The van der Waals surface area contributed by atoms with E-state index in [1.54, 1.807) is 14.0 Å². The lowest BCUT2D eigenvalue weighted by Crippen LogP contribution is -2.26. The fraction of sp³-hybridized carbons (Fsp3) is 0.500. The third kappa shape index (κ3) is 4.32. The Labute approximate surface area is 91.1 Å². The normalized spacial score (nSPS) is 12.5. The summed E-state index contributed by atoms with van der Waals surface area (Å²) in [6, 6.07) is 7.99. The van der Waals surface area contributed by atoms with Crippen LogP contribution in [0.3, 0.4) is 0 Å². The largest absolute Gasteiger partial charge is 0.496 e. The van der Waals surface area contributed by atoms with Crippen molar-refractivity contribution >= 4 is 0 Å². The van der Waals surface area contributed by atoms with Gasteiger partial charge in [-0.05, 0) is 31.5 Å². The second kappa shape index (κ2) is 6.43. The van der Waals surface area contributed by atoms with Gasteiger partial charge >= 0.3 is 0 Å². The minimum Gasteiger partial charge on any atom is -0.496 e. The monoisotopic (exact) mass is 209 g/mol. The van der Waals surface area contributed by atoms with Crippen molar-refractivity contribution in [3.05, 3.63) is 29.8 Å². The SMILES string of the molecule is COc1ccccc1CCNC[C@@H](C)O. The molecule has 1 aromatic rings. The van der Waals surface area contributed by atoms with Crippen LogP contribution < -0.4 is 10.1 Å². The van der Waals surface area contributed by atoms with Gasteiger partial charge in [-0.2, -0.15) is 0 Å². The smallest absolute Gasteiger partial charge is 0.122 e. The van der Waals surface area contributed by atoms with Crippen LogP contribution in [-0.2, 0) is 6.42 Å². The molecule has 0 bridgehead atoms. The highest BCUT2D eigenvalue weighted by Gasteiger charge is 2.01. The number of nitrogens with one attached hydrogen (secondary N) is 1. The van der Waals surface area contributed by atoms with Gasteiger partial charge in [0.1, 0.15) is 5.75 Å². The van der Waals surface area contributed by atoms with E-state index in [4.69, 9.17) is 9.84 Å². The number of benzene rings is 1. The van der Waals surface area contributed by atoms with E-state index in [0.717, 1.165) is 18.7 Å². The van der Waals surface area contributed by atoms with Gasteiger partial charge < -0.3 is 15.2 Å². The van der Waals surface area contributed by atoms with Crippen molar-refractivity contribution in [1.82, 2.24) is 5.32 Å². The molecule has 0 aliphatic carbocycles. The molecule has 0 unspecified atom stereocenters. The summed E-state index contributed by atoms with van der Waals surface area (Å²) >= 11 is 0. The molecule has 0 radical (unpaired) electrons. The molecule has 0 amide bonds. The van der Waals surface area contributed by atoms with E-state index in [0.29, 0.717) is 6.54 Å². The van der Waals surface area contributed by atoms with Crippen LogP contribution in [-0.4, -0.2) is 31.4 Å². The average Bonchev–Trinajstić information content (AvgIpc) is 2.24. The number of ether oxygens (including phenoxy) is 1. The Hall–Kier alpha value is -1.06. The summed E-state index contributed by atoms with van der Waals surface area (Å²) in [5, 5.41) is 12.2. The van der Waals surface area contributed by atoms with Crippen molar-refractivity contribution in [1.29, 1.82) is 0 Å². The topological polar surface area (TPSA) is 41.5 Å². The molecule has 0 fully saturated rings. The molecule has 1 aromatic carbocycles. The molecule has 0 aliphatic rings. The number of aliphatic hydroxyl groups is 1. The Morgan fingerprint density at radius 3 is 2.80 bits per heavy atom. The maximum absolute atomic E-state index is 9.06. The van der Waals surface area contributed by atoms with Gasteiger partial charge in [0.2, 0.25) is 0 Å². The van der Waals surface area contributed by atoms with Crippen molar-refractivity contribution in [2.75, 3.05) is 20.2 Å². The molecule has 0 heterocycles. The first-order valence-electron chi connectivity index (χ1n) is 5.24. The molecule has 1 rings (SSSR count). The van der Waals surface area contributed by atoms with Gasteiger partial charge in [0.25, 0.3) is 0 Å². The van der Waals surface area contributed by atoms with Crippen molar-refractivity contribution in [2.24, 2.45) is 0 Å². The van der Waals surface area contributed by atoms with E-state index >= 15 is 0 Å². The number of para-hydroxylation sites is 1. The zero-order chi connectivity index (χ0) is 11.1. The quantitative estimate of drug-likeness (QED) is 0.692. The van der Waals surface area contributed by atoms with Gasteiger partial charge in [-0.1, -0.05) is 18.2 Å². The molecule has 0 spiro atoms. The molecular formula is C12H19NO2. The lowest BCUT2D eigenvalue weighted by molar-refractivity contribution is 0.191. The van der Waals surface area contributed by atoms with Crippen molar-refractivity contribution in [2.45, 2.75) is 19.4 Å². The third-order valence-electron chi connectivity index (χ3n) is 2.20. The van der Waals surface area contributed by atoms with E-state index < -0.39 is 0 Å². The van der Waals surface area contributed by atoms with Crippen LogP contribution in [0, 0.1) is 0 Å². The Morgan fingerprint density at radius 1 is 1.40 bits per heavy atom. The summed E-state index contributed by atoms with van der Waals surface area (Å²) in [6.07, 6.45) is 0.624. The van der Waals surface area contributed by atoms with E-state index in [9.17, 15) is 0 Å². The van der Waals surface area contributed by atoms with Crippen molar-refractivity contribution in [3.63, 3.8) is 0 Å². The van der Waals surface area contributed by atoms with Gasteiger partial charge in [-0.3, -0.25) is 0 Å². The zero-order valence-corrected chi connectivity index (χ0v) is 9.36. The maximum Gasteiger partial charge on any atom is 0.122 e. The van der Waals surface area contributed by atoms with Crippen LogP contribution in [0.25, 0.3) is 0 Å². The summed E-state index contributed by atoms with van der Waals surface area (Å²) in [5.74, 6) is 0.927.